The molecule has 0 atom stereocenters. The molecule has 1 aromatic heterocycles. The predicted octanol–water partition coefficient (Wildman–Crippen LogP) is 3.91. The van der Waals surface area contributed by atoms with Crippen LogP contribution in [0.5, 0.6) is 5.75 Å². The quantitative estimate of drug-likeness (QED) is 0.552. The van der Waals surface area contributed by atoms with Crippen LogP contribution in [0.15, 0.2) is 6.20 Å². The standard InChI is InChI=1S/C8H4F6INO/c1-3-5(15)4(17-8(12,13)14)2-16-6(3)7(9,10)11/h2H,1H3. The van der Waals surface area contributed by atoms with Crippen molar-refractivity contribution in [2.45, 2.75) is 19.5 Å². The maximum atomic E-state index is 12.4. The minimum atomic E-state index is -4.96. The van der Waals surface area contributed by atoms with Gasteiger partial charge in [0.2, 0.25) is 0 Å². The Morgan fingerprint density at radius 1 is 1.18 bits per heavy atom. The summed E-state index contributed by atoms with van der Waals surface area (Å²) in [6, 6.07) is 0. The smallest absolute Gasteiger partial charge is 0.403 e. The Labute approximate surface area is 105 Å². The largest absolute Gasteiger partial charge is 0.573 e. The molecule has 0 radical (unpaired) electrons. The van der Waals surface area contributed by atoms with Gasteiger partial charge in [-0.05, 0) is 35.1 Å². The Balaban J connectivity index is 3.21. The number of rotatable bonds is 1. The summed E-state index contributed by atoms with van der Waals surface area (Å²) < 4.78 is 76.1. The highest BCUT2D eigenvalue weighted by atomic mass is 127. The third-order valence-electron chi connectivity index (χ3n) is 1.71. The molecule has 0 aromatic carbocycles. The summed E-state index contributed by atoms with van der Waals surface area (Å²) in [5.74, 6) is -0.747. The van der Waals surface area contributed by atoms with Gasteiger partial charge in [-0.1, -0.05) is 0 Å². The monoisotopic (exact) mass is 371 g/mol. The molecule has 1 rings (SSSR count). The molecule has 0 amide bonds. The van der Waals surface area contributed by atoms with Crippen LogP contribution < -0.4 is 4.74 Å². The van der Waals surface area contributed by atoms with E-state index in [1.807, 2.05) is 0 Å². The van der Waals surface area contributed by atoms with E-state index in [0.717, 1.165) is 6.92 Å². The fraction of sp³-hybridized carbons (Fsp3) is 0.375. The maximum Gasteiger partial charge on any atom is 0.573 e. The van der Waals surface area contributed by atoms with E-state index in [1.54, 1.807) is 0 Å². The second-order valence-corrected chi connectivity index (χ2v) is 4.03. The Kier molecular flexibility index (Phi) is 3.79. The van der Waals surface area contributed by atoms with Crippen LogP contribution in [0.1, 0.15) is 11.3 Å². The second kappa shape index (κ2) is 4.50. The molecular weight excluding hydrogens is 367 g/mol. The van der Waals surface area contributed by atoms with Crippen molar-refractivity contribution in [1.29, 1.82) is 0 Å². The highest BCUT2D eigenvalue weighted by molar-refractivity contribution is 14.1. The number of halogens is 7. The van der Waals surface area contributed by atoms with Crippen molar-refractivity contribution in [3.05, 3.63) is 21.0 Å². The van der Waals surface area contributed by atoms with Crippen LogP contribution in [0.4, 0.5) is 26.3 Å². The molecule has 0 spiro atoms. The van der Waals surface area contributed by atoms with Crippen LogP contribution in [0, 0.1) is 10.5 Å². The van der Waals surface area contributed by atoms with Crippen molar-refractivity contribution in [3.63, 3.8) is 0 Å². The van der Waals surface area contributed by atoms with Crippen molar-refractivity contribution >= 4 is 22.6 Å². The first-order chi connectivity index (χ1) is 7.52. The van der Waals surface area contributed by atoms with E-state index < -0.39 is 29.5 Å². The average molecular weight is 371 g/mol. The fourth-order valence-corrected chi connectivity index (χ4v) is 1.55. The first kappa shape index (κ1) is 14.3. The molecule has 0 aliphatic rings. The third-order valence-corrected chi connectivity index (χ3v) is 3.05. The highest BCUT2D eigenvalue weighted by Crippen LogP contribution is 2.36. The van der Waals surface area contributed by atoms with E-state index in [2.05, 4.69) is 9.72 Å². The van der Waals surface area contributed by atoms with Crippen LogP contribution in [0.25, 0.3) is 0 Å². The Morgan fingerprint density at radius 3 is 2.12 bits per heavy atom. The highest BCUT2D eigenvalue weighted by Gasteiger charge is 2.37. The van der Waals surface area contributed by atoms with E-state index in [-0.39, 0.29) is 3.57 Å². The van der Waals surface area contributed by atoms with Gasteiger partial charge < -0.3 is 4.74 Å². The van der Waals surface area contributed by atoms with E-state index in [9.17, 15) is 26.3 Å². The first-order valence-electron chi connectivity index (χ1n) is 4.00. The molecule has 2 nitrogen and oxygen atoms in total. The average Bonchev–Trinajstić information content (AvgIpc) is 2.08. The Hall–Kier alpha value is -0.740. The van der Waals surface area contributed by atoms with Gasteiger partial charge in [0.25, 0.3) is 0 Å². The topological polar surface area (TPSA) is 22.1 Å². The molecule has 0 bridgehead atoms. The van der Waals surface area contributed by atoms with Crippen LogP contribution in [0.2, 0.25) is 0 Å². The van der Waals surface area contributed by atoms with Crippen molar-refractivity contribution in [2.75, 3.05) is 0 Å². The summed E-state index contributed by atoms with van der Waals surface area (Å²) in [5, 5.41) is 0. The summed E-state index contributed by atoms with van der Waals surface area (Å²) in [6.45, 7) is 1.03. The molecule has 0 aliphatic carbocycles. The lowest BCUT2D eigenvalue weighted by Gasteiger charge is -2.14. The third kappa shape index (κ3) is 3.61. The van der Waals surface area contributed by atoms with Gasteiger partial charge in [-0.3, -0.25) is 0 Å². The van der Waals surface area contributed by atoms with Gasteiger partial charge in [0.1, 0.15) is 5.69 Å². The van der Waals surface area contributed by atoms with Crippen LogP contribution in [-0.4, -0.2) is 11.3 Å². The van der Waals surface area contributed by atoms with Gasteiger partial charge in [0.05, 0.1) is 9.77 Å². The van der Waals surface area contributed by atoms with Crippen LogP contribution >= 0.6 is 22.6 Å². The molecule has 0 fully saturated rings. The zero-order valence-electron chi connectivity index (χ0n) is 8.08. The molecular formula is C8H4F6INO. The molecule has 1 aromatic rings. The molecule has 0 saturated heterocycles. The van der Waals surface area contributed by atoms with E-state index in [0.29, 0.717) is 6.20 Å². The number of alkyl halides is 6. The Morgan fingerprint density at radius 2 is 1.71 bits per heavy atom. The molecule has 17 heavy (non-hydrogen) atoms. The number of hydrogen-bond acceptors (Lipinski definition) is 2. The van der Waals surface area contributed by atoms with Crippen molar-refractivity contribution < 1.29 is 31.1 Å². The molecule has 0 N–H and O–H groups in total. The second-order valence-electron chi connectivity index (χ2n) is 2.96. The van der Waals surface area contributed by atoms with E-state index in [1.165, 1.54) is 22.6 Å². The predicted molar refractivity (Wildman–Crippen MR) is 53.4 cm³/mol. The molecule has 96 valence electrons. The number of hydrogen-bond donors (Lipinski definition) is 0. The fourth-order valence-electron chi connectivity index (χ4n) is 1.05. The van der Waals surface area contributed by atoms with Crippen molar-refractivity contribution in [3.8, 4) is 5.75 Å². The van der Waals surface area contributed by atoms with Crippen LogP contribution in [-0.2, 0) is 6.18 Å². The van der Waals surface area contributed by atoms with Crippen molar-refractivity contribution in [1.82, 2.24) is 4.98 Å². The maximum absolute atomic E-state index is 12.4. The van der Waals surface area contributed by atoms with Gasteiger partial charge in [0.15, 0.2) is 5.75 Å². The summed E-state index contributed by atoms with van der Waals surface area (Å²) >= 11 is 1.35. The molecule has 0 aliphatic heterocycles. The first-order valence-corrected chi connectivity index (χ1v) is 5.08. The lowest BCUT2D eigenvalue weighted by molar-refractivity contribution is -0.275. The van der Waals surface area contributed by atoms with Crippen molar-refractivity contribution in [2.24, 2.45) is 0 Å². The van der Waals surface area contributed by atoms with Gasteiger partial charge in [-0.2, -0.15) is 13.2 Å². The summed E-state index contributed by atoms with van der Waals surface area (Å²) in [7, 11) is 0. The number of pyridine rings is 1. The minimum absolute atomic E-state index is 0.276. The number of ether oxygens (including phenoxy) is 1. The van der Waals surface area contributed by atoms with Gasteiger partial charge in [-0.25, -0.2) is 4.98 Å². The van der Waals surface area contributed by atoms with E-state index >= 15 is 0 Å². The lowest BCUT2D eigenvalue weighted by atomic mass is 10.2. The lowest BCUT2D eigenvalue weighted by Crippen LogP contribution is -2.19. The zero-order valence-corrected chi connectivity index (χ0v) is 10.2. The van der Waals surface area contributed by atoms with Gasteiger partial charge in [-0.15, -0.1) is 13.2 Å². The summed E-state index contributed by atoms with van der Waals surface area (Å²) in [4.78, 5) is 2.94. The summed E-state index contributed by atoms with van der Waals surface area (Å²) in [5.41, 5.74) is -1.63. The number of aromatic nitrogens is 1. The van der Waals surface area contributed by atoms with Gasteiger partial charge >= 0.3 is 12.5 Å². The minimum Gasteiger partial charge on any atom is -0.403 e. The van der Waals surface area contributed by atoms with E-state index in [4.69, 9.17) is 0 Å². The normalized spacial score (nSPS) is 12.7. The molecule has 0 unspecified atom stereocenters. The SMILES string of the molecule is Cc1c(C(F)(F)F)ncc(OC(F)(F)F)c1I. The van der Waals surface area contributed by atoms with Gasteiger partial charge in [0, 0.05) is 0 Å². The Bertz CT molecular complexity index is 427. The van der Waals surface area contributed by atoms with Crippen LogP contribution in [0.3, 0.4) is 0 Å². The summed E-state index contributed by atoms with van der Waals surface area (Å²) in [6.07, 6.45) is -9.26. The number of nitrogens with zero attached hydrogens (tertiary/aromatic N) is 1. The zero-order chi connectivity index (χ0) is 13.4. The molecule has 9 heteroatoms. The molecule has 0 saturated carbocycles. The molecule has 1 heterocycles.